The van der Waals surface area contributed by atoms with E-state index in [-0.39, 0.29) is 5.69 Å². The third-order valence-electron chi connectivity index (χ3n) is 1.92. The standard InChI is InChI=1S/C10H15N3O2/c1-7(2)6-12-9-4-3-8(11)5-10(9)13(14)15/h3-5,7,12H,6,11H2,1-2H3. The minimum atomic E-state index is -0.432. The smallest absolute Gasteiger partial charge is 0.294 e. The average Bonchev–Trinajstić information content (AvgIpc) is 2.15. The molecule has 0 radical (unpaired) electrons. The van der Waals surface area contributed by atoms with E-state index in [2.05, 4.69) is 5.32 Å². The van der Waals surface area contributed by atoms with Gasteiger partial charge in [-0.1, -0.05) is 13.8 Å². The lowest BCUT2D eigenvalue weighted by molar-refractivity contribution is -0.383. The number of hydrogen-bond acceptors (Lipinski definition) is 4. The van der Waals surface area contributed by atoms with Gasteiger partial charge in [0.15, 0.2) is 0 Å². The van der Waals surface area contributed by atoms with Crippen molar-refractivity contribution < 1.29 is 4.92 Å². The second kappa shape index (κ2) is 4.63. The largest absolute Gasteiger partial charge is 0.399 e. The maximum atomic E-state index is 10.7. The number of nitro groups is 1. The van der Waals surface area contributed by atoms with Crippen LogP contribution in [0.3, 0.4) is 0 Å². The molecule has 0 bridgehead atoms. The Morgan fingerprint density at radius 1 is 1.53 bits per heavy atom. The highest BCUT2D eigenvalue weighted by Crippen LogP contribution is 2.26. The van der Waals surface area contributed by atoms with E-state index in [0.717, 1.165) is 0 Å². The fourth-order valence-electron chi connectivity index (χ4n) is 1.16. The second-order valence-electron chi connectivity index (χ2n) is 3.81. The molecule has 0 aliphatic carbocycles. The van der Waals surface area contributed by atoms with Gasteiger partial charge in [0.1, 0.15) is 5.69 Å². The lowest BCUT2D eigenvalue weighted by atomic mass is 10.2. The number of anilines is 2. The molecule has 0 aliphatic rings. The van der Waals surface area contributed by atoms with Crippen LogP contribution >= 0.6 is 0 Å². The van der Waals surface area contributed by atoms with Crippen molar-refractivity contribution in [3.05, 3.63) is 28.3 Å². The summed E-state index contributed by atoms with van der Waals surface area (Å²) in [7, 11) is 0. The van der Waals surface area contributed by atoms with Crippen LogP contribution in [-0.2, 0) is 0 Å². The Labute approximate surface area is 88.4 Å². The van der Waals surface area contributed by atoms with Gasteiger partial charge in [0.2, 0.25) is 0 Å². The predicted molar refractivity (Wildman–Crippen MR) is 60.8 cm³/mol. The van der Waals surface area contributed by atoms with E-state index < -0.39 is 4.92 Å². The first-order valence-corrected chi connectivity index (χ1v) is 4.78. The van der Waals surface area contributed by atoms with Gasteiger partial charge in [0.05, 0.1) is 4.92 Å². The van der Waals surface area contributed by atoms with E-state index in [9.17, 15) is 10.1 Å². The zero-order valence-electron chi connectivity index (χ0n) is 8.86. The zero-order valence-corrected chi connectivity index (χ0v) is 8.86. The molecule has 0 unspecified atom stereocenters. The van der Waals surface area contributed by atoms with Crippen LogP contribution in [0.5, 0.6) is 0 Å². The number of rotatable bonds is 4. The molecular formula is C10H15N3O2. The number of nitro benzene ring substituents is 1. The lowest BCUT2D eigenvalue weighted by Crippen LogP contribution is -2.09. The number of hydrogen-bond donors (Lipinski definition) is 2. The van der Waals surface area contributed by atoms with Gasteiger partial charge in [-0.3, -0.25) is 10.1 Å². The van der Waals surface area contributed by atoms with Crippen molar-refractivity contribution in [1.29, 1.82) is 0 Å². The molecule has 1 aromatic rings. The lowest BCUT2D eigenvalue weighted by Gasteiger charge is -2.09. The van der Waals surface area contributed by atoms with Crippen molar-refractivity contribution in [3.63, 3.8) is 0 Å². The highest BCUT2D eigenvalue weighted by atomic mass is 16.6. The summed E-state index contributed by atoms with van der Waals surface area (Å²) in [6.07, 6.45) is 0. The first-order valence-electron chi connectivity index (χ1n) is 4.78. The maximum Gasteiger partial charge on any atom is 0.294 e. The van der Waals surface area contributed by atoms with Crippen LogP contribution in [0.1, 0.15) is 13.8 Å². The molecular weight excluding hydrogens is 194 g/mol. The van der Waals surface area contributed by atoms with Crippen LogP contribution in [0.15, 0.2) is 18.2 Å². The maximum absolute atomic E-state index is 10.7. The van der Waals surface area contributed by atoms with E-state index >= 15 is 0 Å². The summed E-state index contributed by atoms with van der Waals surface area (Å²) >= 11 is 0. The molecule has 1 aromatic carbocycles. The third kappa shape index (κ3) is 3.12. The molecule has 0 aromatic heterocycles. The highest BCUT2D eigenvalue weighted by Gasteiger charge is 2.13. The SMILES string of the molecule is CC(C)CNc1ccc(N)cc1[N+](=O)[O-]. The summed E-state index contributed by atoms with van der Waals surface area (Å²) in [5.41, 5.74) is 6.43. The Balaban J connectivity index is 2.91. The molecule has 82 valence electrons. The quantitative estimate of drug-likeness (QED) is 0.452. The van der Waals surface area contributed by atoms with Gasteiger partial charge in [-0.15, -0.1) is 0 Å². The van der Waals surface area contributed by atoms with Crippen molar-refractivity contribution >= 4 is 17.1 Å². The summed E-state index contributed by atoms with van der Waals surface area (Å²) in [6, 6.07) is 4.65. The molecule has 0 spiro atoms. The van der Waals surface area contributed by atoms with E-state index in [1.807, 2.05) is 13.8 Å². The van der Waals surface area contributed by atoms with Crippen LogP contribution in [0.2, 0.25) is 0 Å². The third-order valence-corrected chi connectivity index (χ3v) is 1.92. The molecule has 0 amide bonds. The molecule has 0 fully saturated rings. The molecule has 3 N–H and O–H groups in total. The molecule has 15 heavy (non-hydrogen) atoms. The topological polar surface area (TPSA) is 81.2 Å². The summed E-state index contributed by atoms with van der Waals surface area (Å²) in [4.78, 5) is 10.3. The normalized spacial score (nSPS) is 10.3. The van der Waals surface area contributed by atoms with Crippen molar-refractivity contribution in [1.82, 2.24) is 0 Å². The molecule has 0 saturated heterocycles. The Hall–Kier alpha value is -1.78. The van der Waals surface area contributed by atoms with Crippen molar-refractivity contribution in [2.45, 2.75) is 13.8 Å². The van der Waals surface area contributed by atoms with Gasteiger partial charge in [0, 0.05) is 18.3 Å². The van der Waals surface area contributed by atoms with Crippen molar-refractivity contribution in [3.8, 4) is 0 Å². The minimum absolute atomic E-state index is 0.0238. The van der Waals surface area contributed by atoms with Gasteiger partial charge in [-0.2, -0.15) is 0 Å². The molecule has 0 aliphatic heterocycles. The first kappa shape index (κ1) is 11.3. The Kier molecular flexibility index (Phi) is 3.49. The van der Waals surface area contributed by atoms with Gasteiger partial charge >= 0.3 is 0 Å². The summed E-state index contributed by atoms with van der Waals surface area (Å²) in [5.74, 6) is 0.433. The second-order valence-corrected chi connectivity index (χ2v) is 3.81. The number of nitrogens with zero attached hydrogens (tertiary/aromatic N) is 1. The average molecular weight is 209 g/mol. The van der Waals surface area contributed by atoms with Crippen LogP contribution in [-0.4, -0.2) is 11.5 Å². The van der Waals surface area contributed by atoms with Crippen LogP contribution in [0.4, 0.5) is 17.1 Å². The molecule has 5 nitrogen and oxygen atoms in total. The van der Waals surface area contributed by atoms with Crippen molar-refractivity contribution in [2.24, 2.45) is 5.92 Å². The fourth-order valence-corrected chi connectivity index (χ4v) is 1.16. The van der Waals surface area contributed by atoms with Gasteiger partial charge in [-0.05, 0) is 18.1 Å². The van der Waals surface area contributed by atoms with E-state index in [4.69, 9.17) is 5.73 Å². The number of benzene rings is 1. The van der Waals surface area contributed by atoms with E-state index in [1.54, 1.807) is 12.1 Å². The Morgan fingerprint density at radius 2 is 2.20 bits per heavy atom. The van der Waals surface area contributed by atoms with E-state index in [0.29, 0.717) is 23.8 Å². The van der Waals surface area contributed by atoms with Crippen LogP contribution in [0, 0.1) is 16.0 Å². The van der Waals surface area contributed by atoms with Gasteiger partial charge < -0.3 is 11.1 Å². The highest BCUT2D eigenvalue weighted by molar-refractivity contribution is 5.66. The van der Waals surface area contributed by atoms with Crippen LogP contribution < -0.4 is 11.1 Å². The fraction of sp³-hybridized carbons (Fsp3) is 0.400. The van der Waals surface area contributed by atoms with Crippen molar-refractivity contribution in [2.75, 3.05) is 17.6 Å². The van der Waals surface area contributed by atoms with Gasteiger partial charge in [0.25, 0.3) is 5.69 Å². The van der Waals surface area contributed by atoms with Gasteiger partial charge in [-0.25, -0.2) is 0 Å². The monoisotopic (exact) mass is 209 g/mol. The summed E-state index contributed by atoms with van der Waals surface area (Å²) < 4.78 is 0. The molecule has 0 atom stereocenters. The molecule has 1 rings (SSSR count). The Bertz CT molecular complexity index is 364. The summed E-state index contributed by atoms with van der Waals surface area (Å²) in [6.45, 7) is 4.77. The first-order chi connectivity index (χ1) is 7.00. The minimum Gasteiger partial charge on any atom is -0.399 e. The molecule has 0 heterocycles. The van der Waals surface area contributed by atoms with Crippen LogP contribution in [0.25, 0.3) is 0 Å². The number of nitrogen functional groups attached to an aromatic ring is 1. The molecule has 0 saturated carbocycles. The predicted octanol–water partition coefficient (Wildman–Crippen LogP) is 2.24. The number of nitrogens with two attached hydrogens (primary N) is 1. The summed E-state index contributed by atoms with van der Waals surface area (Å²) in [5, 5.41) is 13.8. The number of nitrogens with one attached hydrogen (secondary N) is 1. The van der Waals surface area contributed by atoms with E-state index in [1.165, 1.54) is 6.07 Å². The zero-order chi connectivity index (χ0) is 11.4. The molecule has 5 heteroatoms. The Morgan fingerprint density at radius 3 is 2.73 bits per heavy atom.